The molecule has 5 fully saturated rings. The van der Waals surface area contributed by atoms with E-state index in [0.29, 0.717) is 0 Å². The van der Waals surface area contributed by atoms with Crippen LogP contribution in [-0.2, 0) is 5.41 Å². The Morgan fingerprint density at radius 3 is 2.50 bits per heavy atom. The molecule has 152 valence electrons. The Morgan fingerprint density at radius 1 is 1.21 bits per heavy atom. The average Bonchev–Trinajstić information content (AvgIpc) is 3.13. The molecule has 5 nitrogen and oxygen atoms in total. The number of carbonyl (C=O) groups is 1. The lowest BCUT2D eigenvalue weighted by atomic mass is 9.49. The van der Waals surface area contributed by atoms with Crippen molar-refractivity contribution >= 4 is 5.91 Å². The SMILES string of the molecule is CCCC[C@H]1CCCN1C(=O)c1cnc(C23CC4CC(CC(C4)C2)C3)[nH]c1=O. The number of amides is 1. The van der Waals surface area contributed by atoms with Crippen molar-refractivity contribution < 1.29 is 4.79 Å². The van der Waals surface area contributed by atoms with Gasteiger partial charge in [-0.25, -0.2) is 4.98 Å². The van der Waals surface area contributed by atoms with Crippen LogP contribution in [0.1, 0.15) is 93.7 Å². The molecule has 4 saturated carbocycles. The molecule has 1 atom stereocenters. The number of likely N-dealkylation sites (tertiary alicyclic amines) is 1. The van der Waals surface area contributed by atoms with E-state index in [-0.39, 0.29) is 28.5 Å². The van der Waals surface area contributed by atoms with Crippen molar-refractivity contribution in [1.29, 1.82) is 0 Å². The second kappa shape index (κ2) is 7.00. The third-order valence-electron chi connectivity index (χ3n) is 8.10. The maximum Gasteiger partial charge on any atom is 0.263 e. The Morgan fingerprint density at radius 2 is 1.89 bits per heavy atom. The zero-order valence-corrected chi connectivity index (χ0v) is 17.1. The van der Waals surface area contributed by atoms with Gasteiger partial charge in [0.25, 0.3) is 11.5 Å². The molecule has 0 unspecified atom stereocenters. The average molecular weight is 384 g/mol. The summed E-state index contributed by atoms with van der Waals surface area (Å²) in [6, 6.07) is 0.287. The van der Waals surface area contributed by atoms with Crippen LogP contribution in [0.25, 0.3) is 0 Å². The van der Waals surface area contributed by atoms with Gasteiger partial charge in [-0.2, -0.15) is 0 Å². The highest BCUT2D eigenvalue weighted by Gasteiger charge is 2.53. The minimum Gasteiger partial charge on any atom is -0.335 e. The molecule has 1 amide bonds. The predicted octanol–water partition coefficient (Wildman–Crippen LogP) is 4.03. The van der Waals surface area contributed by atoms with Gasteiger partial charge in [0.05, 0.1) is 0 Å². The normalized spacial score (nSPS) is 36.2. The van der Waals surface area contributed by atoms with E-state index in [9.17, 15) is 9.59 Å². The topological polar surface area (TPSA) is 66.1 Å². The van der Waals surface area contributed by atoms with Gasteiger partial charge in [-0.3, -0.25) is 9.59 Å². The maximum atomic E-state index is 13.1. The summed E-state index contributed by atoms with van der Waals surface area (Å²) in [4.78, 5) is 35.7. The fourth-order valence-electron chi connectivity index (χ4n) is 7.22. The van der Waals surface area contributed by atoms with Crippen LogP contribution in [0, 0.1) is 17.8 Å². The Balaban J connectivity index is 1.38. The standard InChI is InChI=1S/C23H33N3O2/c1-2-3-5-18-6-4-7-26(18)21(28)19-14-24-22(25-20(19)27)23-11-15-8-16(12-23)10-17(9-15)13-23/h14-18H,2-13H2,1H3,(H,24,25,27)/t15?,16?,17?,18-,23?/m0/s1. The third-order valence-corrected chi connectivity index (χ3v) is 8.10. The van der Waals surface area contributed by atoms with E-state index < -0.39 is 0 Å². The highest BCUT2D eigenvalue weighted by molar-refractivity contribution is 5.94. The van der Waals surface area contributed by atoms with Gasteiger partial charge in [0, 0.05) is 24.2 Å². The van der Waals surface area contributed by atoms with Gasteiger partial charge in [-0.1, -0.05) is 19.8 Å². The molecular formula is C23H33N3O2. The van der Waals surface area contributed by atoms with Crippen molar-refractivity contribution in [2.75, 3.05) is 6.54 Å². The molecule has 0 spiro atoms. The minimum absolute atomic E-state index is 0.0623. The second-order valence-corrected chi connectivity index (χ2v) is 10.1. The second-order valence-electron chi connectivity index (χ2n) is 10.1. The Hall–Kier alpha value is -1.65. The number of nitrogens with zero attached hydrogens (tertiary/aromatic N) is 2. The molecule has 1 N–H and O–H groups in total. The van der Waals surface area contributed by atoms with Crippen LogP contribution in [0.2, 0.25) is 0 Å². The zero-order chi connectivity index (χ0) is 19.3. The molecule has 1 aromatic heterocycles. The molecule has 28 heavy (non-hydrogen) atoms. The molecule has 1 aromatic rings. The van der Waals surface area contributed by atoms with Crippen molar-refractivity contribution in [1.82, 2.24) is 14.9 Å². The van der Waals surface area contributed by atoms with Gasteiger partial charge in [0.2, 0.25) is 0 Å². The molecule has 4 aliphatic carbocycles. The number of H-pyrrole nitrogens is 1. The van der Waals surface area contributed by atoms with Gasteiger partial charge in [-0.05, 0) is 75.5 Å². The monoisotopic (exact) mass is 383 g/mol. The smallest absolute Gasteiger partial charge is 0.263 e. The molecule has 2 heterocycles. The number of hydrogen-bond acceptors (Lipinski definition) is 3. The van der Waals surface area contributed by atoms with Crippen molar-refractivity contribution in [2.24, 2.45) is 17.8 Å². The number of hydrogen-bond donors (Lipinski definition) is 1. The van der Waals surface area contributed by atoms with Gasteiger partial charge < -0.3 is 9.88 Å². The molecule has 0 aromatic carbocycles. The first-order valence-corrected chi connectivity index (χ1v) is 11.5. The van der Waals surface area contributed by atoms with Crippen LogP contribution in [0.15, 0.2) is 11.0 Å². The first-order chi connectivity index (χ1) is 13.6. The molecule has 6 rings (SSSR count). The van der Waals surface area contributed by atoms with Gasteiger partial charge >= 0.3 is 0 Å². The Labute approximate surface area is 167 Å². The summed E-state index contributed by atoms with van der Waals surface area (Å²) >= 11 is 0. The zero-order valence-electron chi connectivity index (χ0n) is 17.1. The van der Waals surface area contributed by atoms with E-state index in [4.69, 9.17) is 4.98 Å². The molecule has 0 radical (unpaired) electrons. The summed E-state index contributed by atoms with van der Waals surface area (Å²) in [5.74, 6) is 3.16. The van der Waals surface area contributed by atoms with Crippen LogP contribution >= 0.6 is 0 Å². The minimum atomic E-state index is -0.230. The lowest BCUT2D eigenvalue weighted by Gasteiger charge is -2.56. The van der Waals surface area contributed by atoms with E-state index in [1.54, 1.807) is 6.20 Å². The van der Waals surface area contributed by atoms with Crippen LogP contribution in [0.4, 0.5) is 0 Å². The van der Waals surface area contributed by atoms with Crippen molar-refractivity contribution in [3.63, 3.8) is 0 Å². The largest absolute Gasteiger partial charge is 0.335 e. The molecule has 5 heteroatoms. The number of rotatable bonds is 5. The fourth-order valence-corrected chi connectivity index (χ4v) is 7.22. The first kappa shape index (κ1) is 18.4. The Bertz CT molecular complexity index is 779. The number of aromatic amines is 1. The Kier molecular flexibility index (Phi) is 4.59. The lowest BCUT2D eigenvalue weighted by Crippen LogP contribution is -2.50. The number of nitrogens with one attached hydrogen (secondary N) is 1. The van der Waals surface area contributed by atoms with E-state index in [2.05, 4.69) is 11.9 Å². The predicted molar refractivity (Wildman–Crippen MR) is 108 cm³/mol. The van der Waals surface area contributed by atoms with E-state index in [1.807, 2.05) is 4.90 Å². The molecule has 4 bridgehead atoms. The van der Waals surface area contributed by atoms with E-state index >= 15 is 0 Å². The van der Waals surface area contributed by atoms with Crippen molar-refractivity contribution in [3.8, 4) is 0 Å². The molecule has 1 aliphatic heterocycles. The molecule has 1 saturated heterocycles. The third kappa shape index (κ3) is 3.02. The summed E-state index contributed by atoms with van der Waals surface area (Å²) in [7, 11) is 0. The summed E-state index contributed by atoms with van der Waals surface area (Å²) < 4.78 is 0. The summed E-state index contributed by atoms with van der Waals surface area (Å²) in [6.07, 6.45) is 14.6. The lowest BCUT2D eigenvalue weighted by molar-refractivity contribution is -0.00955. The fraction of sp³-hybridized carbons (Fsp3) is 0.783. The highest BCUT2D eigenvalue weighted by Crippen LogP contribution is 2.59. The highest BCUT2D eigenvalue weighted by atomic mass is 16.2. The van der Waals surface area contributed by atoms with Crippen molar-refractivity contribution in [2.45, 2.75) is 89.0 Å². The summed E-state index contributed by atoms with van der Waals surface area (Å²) in [5.41, 5.74) is 0.0658. The number of aromatic nitrogens is 2. The summed E-state index contributed by atoms with van der Waals surface area (Å²) in [5, 5.41) is 0. The first-order valence-electron chi connectivity index (χ1n) is 11.5. The maximum absolute atomic E-state index is 13.1. The van der Waals surface area contributed by atoms with Crippen molar-refractivity contribution in [3.05, 3.63) is 27.9 Å². The van der Waals surface area contributed by atoms with Crippen LogP contribution in [0.5, 0.6) is 0 Å². The van der Waals surface area contributed by atoms with Crippen LogP contribution in [-0.4, -0.2) is 33.4 Å². The molecular weight excluding hydrogens is 350 g/mol. The van der Waals surface area contributed by atoms with E-state index in [0.717, 1.165) is 62.2 Å². The quantitative estimate of drug-likeness (QED) is 0.835. The summed E-state index contributed by atoms with van der Waals surface area (Å²) in [6.45, 7) is 2.95. The van der Waals surface area contributed by atoms with Gasteiger partial charge in [0.15, 0.2) is 0 Å². The molecule has 5 aliphatic rings. The number of carbonyl (C=O) groups excluding carboxylic acids is 1. The van der Waals surface area contributed by atoms with Crippen LogP contribution < -0.4 is 5.56 Å². The number of unbranched alkanes of at least 4 members (excludes halogenated alkanes) is 1. The van der Waals surface area contributed by atoms with Crippen LogP contribution in [0.3, 0.4) is 0 Å². The van der Waals surface area contributed by atoms with E-state index in [1.165, 1.54) is 38.5 Å². The van der Waals surface area contributed by atoms with Gasteiger partial charge in [0.1, 0.15) is 11.4 Å². The van der Waals surface area contributed by atoms with Gasteiger partial charge in [-0.15, -0.1) is 0 Å².